The Balaban J connectivity index is 1.72. The van der Waals surface area contributed by atoms with Crippen LogP contribution < -0.4 is 0 Å². The quantitative estimate of drug-likeness (QED) is 0.786. The van der Waals surface area contributed by atoms with Gasteiger partial charge in [0.2, 0.25) is 11.8 Å². The van der Waals surface area contributed by atoms with Crippen molar-refractivity contribution in [3.8, 4) is 0 Å². The lowest BCUT2D eigenvalue weighted by Crippen LogP contribution is -2.42. The number of hydrogen-bond donors (Lipinski definition) is 0. The highest BCUT2D eigenvalue weighted by Crippen LogP contribution is 2.32. The Morgan fingerprint density at radius 2 is 1.78 bits per heavy atom. The van der Waals surface area contributed by atoms with E-state index in [0.29, 0.717) is 26.1 Å². The molecule has 0 fully saturated rings. The number of fused-ring (bicyclic) bond motifs is 1. The molecule has 0 saturated carbocycles. The zero-order chi connectivity index (χ0) is 19.2. The van der Waals surface area contributed by atoms with Crippen LogP contribution in [0.1, 0.15) is 43.0 Å². The largest absolute Gasteiger partial charge is 0.343 e. The van der Waals surface area contributed by atoms with Crippen LogP contribution in [0.3, 0.4) is 0 Å². The van der Waals surface area contributed by atoms with Crippen molar-refractivity contribution in [2.45, 2.75) is 39.2 Å². The summed E-state index contributed by atoms with van der Waals surface area (Å²) in [5.41, 5.74) is 3.60. The van der Waals surface area contributed by atoms with E-state index in [2.05, 4.69) is 24.3 Å². The summed E-state index contributed by atoms with van der Waals surface area (Å²) in [7, 11) is 0. The van der Waals surface area contributed by atoms with Crippen molar-refractivity contribution in [1.29, 1.82) is 0 Å². The van der Waals surface area contributed by atoms with Crippen molar-refractivity contribution in [2.24, 2.45) is 0 Å². The highest BCUT2D eigenvalue weighted by Gasteiger charge is 2.31. The third kappa shape index (κ3) is 4.57. The van der Waals surface area contributed by atoms with Crippen molar-refractivity contribution in [3.05, 3.63) is 71.3 Å². The van der Waals surface area contributed by atoms with Gasteiger partial charge in [0.05, 0.1) is 12.5 Å². The predicted octanol–water partition coefficient (Wildman–Crippen LogP) is 3.61. The van der Waals surface area contributed by atoms with Gasteiger partial charge in [-0.15, -0.1) is 0 Å². The average molecular weight is 364 g/mol. The molecule has 1 heterocycles. The minimum atomic E-state index is -0.161. The molecule has 0 N–H and O–H groups in total. The number of nitrogens with zero attached hydrogens (tertiary/aromatic N) is 2. The zero-order valence-electron chi connectivity index (χ0n) is 16.2. The van der Waals surface area contributed by atoms with Crippen LogP contribution in [0.2, 0.25) is 0 Å². The Morgan fingerprint density at radius 1 is 1.07 bits per heavy atom. The smallest absolute Gasteiger partial charge is 0.224 e. The molecule has 1 aliphatic heterocycles. The summed E-state index contributed by atoms with van der Waals surface area (Å²) in [6.07, 6.45) is 2.04. The number of rotatable bonds is 6. The van der Waals surface area contributed by atoms with E-state index in [0.717, 1.165) is 18.4 Å². The van der Waals surface area contributed by atoms with Gasteiger partial charge in [0.25, 0.3) is 0 Å². The molecule has 0 bridgehead atoms. The summed E-state index contributed by atoms with van der Waals surface area (Å²) in [6, 6.07) is 18.3. The number of benzene rings is 2. The van der Waals surface area contributed by atoms with Crippen LogP contribution in [0.4, 0.5) is 0 Å². The first-order chi connectivity index (χ1) is 13.1. The van der Waals surface area contributed by atoms with Gasteiger partial charge >= 0.3 is 0 Å². The molecule has 3 rings (SSSR count). The van der Waals surface area contributed by atoms with E-state index in [4.69, 9.17) is 0 Å². The molecule has 2 aromatic rings. The molecule has 27 heavy (non-hydrogen) atoms. The SMILES string of the molecule is CCN(CCc1ccccc1)C(=O)CC1c2ccccc2CCN1C(C)=O. The van der Waals surface area contributed by atoms with E-state index in [1.165, 1.54) is 11.1 Å². The van der Waals surface area contributed by atoms with E-state index < -0.39 is 0 Å². The minimum Gasteiger partial charge on any atom is -0.343 e. The number of carbonyl (C=O) groups excluding carboxylic acids is 2. The number of likely N-dealkylation sites (N-methyl/N-ethyl adjacent to an activating group) is 1. The molecular weight excluding hydrogens is 336 g/mol. The van der Waals surface area contributed by atoms with E-state index >= 15 is 0 Å². The van der Waals surface area contributed by atoms with Crippen molar-refractivity contribution < 1.29 is 9.59 Å². The fourth-order valence-electron chi connectivity index (χ4n) is 3.91. The van der Waals surface area contributed by atoms with Crippen LogP contribution in [0.5, 0.6) is 0 Å². The Kier molecular flexibility index (Phi) is 6.28. The Bertz CT molecular complexity index is 788. The molecule has 1 unspecified atom stereocenters. The topological polar surface area (TPSA) is 40.6 Å². The van der Waals surface area contributed by atoms with Crippen molar-refractivity contribution in [2.75, 3.05) is 19.6 Å². The molecule has 142 valence electrons. The maximum absolute atomic E-state index is 13.0. The Labute approximate surface area is 161 Å². The summed E-state index contributed by atoms with van der Waals surface area (Å²) in [5, 5.41) is 0. The van der Waals surface area contributed by atoms with E-state index in [1.54, 1.807) is 6.92 Å². The first kappa shape index (κ1) is 19.2. The van der Waals surface area contributed by atoms with E-state index in [-0.39, 0.29) is 17.9 Å². The molecule has 0 spiro atoms. The van der Waals surface area contributed by atoms with Gasteiger partial charge in [-0.05, 0) is 36.5 Å². The van der Waals surface area contributed by atoms with Gasteiger partial charge in [-0.3, -0.25) is 9.59 Å². The number of amides is 2. The molecule has 2 aromatic carbocycles. The fraction of sp³-hybridized carbons (Fsp3) is 0.391. The molecule has 4 nitrogen and oxygen atoms in total. The zero-order valence-corrected chi connectivity index (χ0v) is 16.2. The van der Waals surface area contributed by atoms with E-state index in [1.807, 2.05) is 47.1 Å². The molecule has 1 aliphatic rings. The molecule has 0 aliphatic carbocycles. The Morgan fingerprint density at radius 3 is 2.48 bits per heavy atom. The Hall–Kier alpha value is -2.62. The first-order valence-electron chi connectivity index (χ1n) is 9.77. The maximum Gasteiger partial charge on any atom is 0.224 e. The van der Waals surface area contributed by atoms with E-state index in [9.17, 15) is 9.59 Å². The monoisotopic (exact) mass is 364 g/mol. The molecule has 0 aromatic heterocycles. The van der Waals surface area contributed by atoms with Crippen LogP contribution in [0.25, 0.3) is 0 Å². The van der Waals surface area contributed by atoms with Crippen LogP contribution in [0, 0.1) is 0 Å². The van der Waals surface area contributed by atoms with Crippen LogP contribution in [-0.2, 0) is 22.4 Å². The van der Waals surface area contributed by atoms with Gasteiger partial charge in [-0.2, -0.15) is 0 Å². The average Bonchev–Trinajstić information content (AvgIpc) is 2.69. The third-order valence-electron chi connectivity index (χ3n) is 5.43. The lowest BCUT2D eigenvalue weighted by molar-refractivity contribution is -0.136. The van der Waals surface area contributed by atoms with Gasteiger partial charge in [0.15, 0.2) is 0 Å². The van der Waals surface area contributed by atoms with Crippen LogP contribution in [0.15, 0.2) is 54.6 Å². The second-order valence-corrected chi connectivity index (χ2v) is 7.09. The number of hydrogen-bond acceptors (Lipinski definition) is 2. The van der Waals surface area contributed by atoms with Crippen molar-refractivity contribution in [1.82, 2.24) is 9.80 Å². The molecule has 1 atom stereocenters. The highest BCUT2D eigenvalue weighted by atomic mass is 16.2. The molecule has 4 heteroatoms. The second kappa shape index (κ2) is 8.85. The molecule has 2 amide bonds. The number of carbonyl (C=O) groups is 2. The summed E-state index contributed by atoms with van der Waals surface area (Å²) in [6.45, 7) is 5.67. The lowest BCUT2D eigenvalue weighted by atomic mass is 9.90. The second-order valence-electron chi connectivity index (χ2n) is 7.09. The van der Waals surface area contributed by atoms with Crippen molar-refractivity contribution >= 4 is 11.8 Å². The maximum atomic E-state index is 13.0. The predicted molar refractivity (Wildman–Crippen MR) is 107 cm³/mol. The lowest BCUT2D eigenvalue weighted by Gasteiger charge is -2.37. The molecular formula is C23H28N2O2. The van der Waals surface area contributed by atoms with Gasteiger partial charge in [0.1, 0.15) is 0 Å². The first-order valence-corrected chi connectivity index (χ1v) is 9.77. The highest BCUT2D eigenvalue weighted by molar-refractivity contribution is 5.79. The van der Waals surface area contributed by atoms with Gasteiger partial charge < -0.3 is 9.80 Å². The minimum absolute atomic E-state index is 0.0367. The molecule has 0 saturated heterocycles. The fourth-order valence-corrected chi connectivity index (χ4v) is 3.91. The van der Waals surface area contributed by atoms with Crippen LogP contribution >= 0.6 is 0 Å². The van der Waals surface area contributed by atoms with Gasteiger partial charge in [-0.25, -0.2) is 0 Å². The standard InChI is InChI=1S/C23H28N2O2/c1-3-24(15-13-19-9-5-4-6-10-19)23(27)17-22-21-12-8-7-11-20(21)14-16-25(22)18(2)26/h4-12,22H,3,13-17H2,1-2H3. The summed E-state index contributed by atoms with van der Waals surface area (Å²) in [5.74, 6) is 0.149. The van der Waals surface area contributed by atoms with Gasteiger partial charge in [-0.1, -0.05) is 54.6 Å². The van der Waals surface area contributed by atoms with Crippen molar-refractivity contribution in [3.63, 3.8) is 0 Å². The molecule has 0 radical (unpaired) electrons. The normalized spacial score (nSPS) is 15.9. The van der Waals surface area contributed by atoms with Crippen LogP contribution in [-0.4, -0.2) is 41.2 Å². The summed E-state index contributed by atoms with van der Waals surface area (Å²) >= 11 is 0. The third-order valence-corrected chi connectivity index (χ3v) is 5.43. The summed E-state index contributed by atoms with van der Waals surface area (Å²) in [4.78, 5) is 28.9. The summed E-state index contributed by atoms with van der Waals surface area (Å²) < 4.78 is 0. The van der Waals surface area contributed by atoms with Gasteiger partial charge in [0, 0.05) is 26.6 Å².